The van der Waals surface area contributed by atoms with Crippen molar-refractivity contribution >= 4 is 5.97 Å². The maximum atomic E-state index is 12.9. The van der Waals surface area contributed by atoms with E-state index in [2.05, 4.69) is 0 Å². The standard InChI is InChI=1S/C11H18F2O2/c1-2-3-4-10(9(14)15)5-7-11(12,13)8-6-10/h2-8H2,1H3,(H,14,15). The average molecular weight is 220 g/mol. The SMILES string of the molecule is CCCCC1(C(=O)O)CCC(F)(F)CC1. The molecule has 0 unspecified atom stereocenters. The molecule has 2 nitrogen and oxygen atoms in total. The van der Waals surface area contributed by atoms with Crippen LogP contribution in [0, 0.1) is 5.41 Å². The van der Waals surface area contributed by atoms with Crippen molar-refractivity contribution < 1.29 is 18.7 Å². The molecular weight excluding hydrogens is 202 g/mol. The minimum atomic E-state index is -2.65. The monoisotopic (exact) mass is 220 g/mol. The Labute approximate surface area is 88.7 Å². The first-order valence-corrected chi connectivity index (χ1v) is 5.53. The largest absolute Gasteiger partial charge is 0.481 e. The zero-order valence-electron chi connectivity index (χ0n) is 9.06. The number of halogens is 2. The molecule has 15 heavy (non-hydrogen) atoms. The van der Waals surface area contributed by atoms with Crippen LogP contribution in [0.15, 0.2) is 0 Å². The third-order valence-corrected chi connectivity index (χ3v) is 3.40. The molecule has 1 N–H and O–H groups in total. The number of carboxylic acids is 1. The predicted octanol–water partition coefficient (Wildman–Crippen LogP) is 3.46. The molecule has 1 aliphatic carbocycles. The Morgan fingerprint density at radius 2 is 1.80 bits per heavy atom. The second-order valence-electron chi connectivity index (χ2n) is 4.54. The van der Waals surface area contributed by atoms with Gasteiger partial charge in [-0.15, -0.1) is 0 Å². The third-order valence-electron chi connectivity index (χ3n) is 3.40. The molecule has 0 radical (unpaired) electrons. The number of rotatable bonds is 4. The van der Waals surface area contributed by atoms with E-state index in [0.717, 1.165) is 12.8 Å². The van der Waals surface area contributed by atoms with Gasteiger partial charge in [0, 0.05) is 12.8 Å². The van der Waals surface area contributed by atoms with E-state index >= 15 is 0 Å². The molecule has 0 aliphatic heterocycles. The molecule has 0 amide bonds. The highest BCUT2D eigenvalue weighted by Gasteiger charge is 2.47. The lowest BCUT2D eigenvalue weighted by molar-refractivity contribution is -0.157. The summed E-state index contributed by atoms with van der Waals surface area (Å²) in [4.78, 5) is 11.1. The minimum absolute atomic E-state index is 0.120. The second kappa shape index (κ2) is 4.45. The van der Waals surface area contributed by atoms with Crippen LogP contribution in [0.25, 0.3) is 0 Å². The van der Waals surface area contributed by atoms with Crippen molar-refractivity contribution in [1.82, 2.24) is 0 Å². The van der Waals surface area contributed by atoms with E-state index in [4.69, 9.17) is 5.11 Å². The van der Waals surface area contributed by atoms with Gasteiger partial charge in [0.05, 0.1) is 5.41 Å². The van der Waals surface area contributed by atoms with Crippen LogP contribution in [-0.4, -0.2) is 17.0 Å². The van der Waals surface area contributed by atoms with Crippen molar-refractivity contribution in [3.8, 4) is 0 Å². The maximum Gasteiger partial charge on any atom is 0.309 e. The molecule has 88 valence electrons. The highest BCUT2D eigenvalue weighted by molar-refractivity contribution is 5.74. The topological polar surface area (TPSA) is 37.3 Å². The molecule has 0 aromatic carbocycles. The number of unbranched alkanes of at least 4 members (excludes halogenated alkanes) is 1. The minimum Gasteiger partial charge on any atom is -0.481 e. The van der Waals surface area contributed by atoms with Gasteiger partial charge in [0.1, 0.15) is 0 Å². The fourth-order valence-electron chi connectivity index (χ4n) is 2.18. The van der Waals surface area contributed by atoms with Crippen LogP contribution in [0.3, 0.4) is 0 Å². The molecule has 0 saturated heterocycles. The Hall–Kier alpha value is -0.670. The number of carbonyl (C=O) groups is 1. The van der Waals surface area contributed by atoms with Gasteiger partial charge in [0.2, 0.25) is 5.92 Å². The highest BCUT2D eigenvalue weighted by atomic mass is 19.3. The summed E-state index contributed by atoms with van der Waals surface area (Å²) in [6.45, 7) is 1.98. The Morgan fingerprint density at radius 1 is 1.27 bits per heavy atom. The first kappa shape index (κ1) is 12.4. The summed E-state index contributed by atoms with van der Waals surface area (Å²) in [7, 11) is 0. The fourth-order valence-corrected chi connectivity index (χ4v) is 2.18. The van der Waals surface area contributed by atoms with E-state index in [1.165, 1.54) is 0 Å². The van der Waals surface area contributed by atoms with Crippen LogP contribution < -0.4 is 0 Å². The fraction of sp³-hybridized carbons (Fsp3) is 0.909. The molecule has 1 saturated carbocycles. The Balaban J connectivity index is 2.65. The van der Waals surface area contributed by atoms with Crippen molar-refractivity contribution in [2.45, 2.75) is 57.8 Å². The summed E-state index contributed by atoms with van der Waals surface area (Å²) < 4.78 is 25.9. The van der Waals surface area contributed by atoms with Gasteiger partial charge in [0.25, 0.3) is 0 Å². The van der Waals surface area contributed by atoms with E-state index in [9.17, 15) is 13.6 Å². The molecule has 0 atom stereocenters. The summed E-state index contributed by atoms with van der Waals surface area (Å²) in [5.74, 6) is -3.54. The van der Waals surface area contributed by atoms with Crippen LogP contribution >= 0.6 is 0 Å². The molecule has 0 spiro atoms. The average Bonchev–Trinajstić information content (AvgIpc) is 2.16. The lowest BCUT2D eigenvalue weighted by Gasteiger charge is -2.36. The van der Waals surface area contributed by atoms with Gasteiger partial charge in [-0.1, -0.05) is 19.8 Å². The molecule has 0 aromatic heterocycles. The van der Waals surface area contributed by atoms with Gasteiger partial charge < -0.3 is 5.11 Å². The molecule has 4 heteroatoms. The molecule has 0 heterocycles. The number of carboxylic acid groups (broad SMARTS) is 1. The lowest BCUT2D eigenvalue weighted by Crippen LogP contribution is -2.39. The van der Waals surface area contributed by atoms with Gasteiger partial charge in [-0.2, -0.15) is 0 Å². The van der Waals surface area contributed by atoms with Crippen LogP contribution in [0.1, 0.15) is 51.9 Å². The van der Waals surface area contributed by atoms with Gasteiger partial charge >= 0.3 is 5.97 Å². The number of aliphatic carboxylic acids is 1. The third kappa shape index (κ3) is 2.89. The lowest BCUT2D eigenvalue weighted by atomic mass is 9.70. The molecule has 0 bridgehead atoms. The van der Waals surface area contributed by atoms with E-state index in [0.29, 0.717) is 6.42 Å². The number of hydrogen-bond donors (Lipinski definition) is 1. The summed E-state index contributed by atoms with van der Waals surface area (Å²) in [6.07, 6.45) is 1.94. The maximum absolute atomic E-state index is 12.9. The zero-order chi connectivity index (χ0) is 11.5. The molecule has 0 aromatic rings. The van der Waals surface area contributed by atoms with E-state index in [-0.39, 0.29) is 25.7 Å². The van der Waals surface area contributed by atoms with Crippen LogP contribution in [-0.2, 0) is 4.79 Å². The highest BCUT2D eigenvalue weighted by Crippen LogP contribution is 2.46. The molecule has 1 aliphatic rings. The van der Waals surface area contributed by atoms with Crippen molar-refractivity contribution in [2.75, 3.05) is 0 Å². The van der Waals surface area contributed by atoms with Gasteiger partial charge in [-0.3, -0.25) is 4.79 Å². The predicted molar refractivity (Wildman–Crippen MR) is 53.0 cm³/mol. The van der Waals surface area contributed by atoms with Crippen molar-refractivity contribution in [3.63, 3.8) is 0 Å². The summed E-state index contributed by atoms with van der Waals surface area (Å²) in [6, 6.07) is 0. The zero-order valence-corrected chi connectivity index (χ0v) is 9.06. The van der Waals surface area contributed by atoms with Crippen LogP contribution in [0.2, 0.25) is 0 Å². The first-order chi connectivity index (χ1) is 6.92. The number of alkyl halides is 2. The van der Waals surface area contributed by atoms with Crippen molar-refractivity contribution in [1.29, 1.82) is 0 Å². The van der Waals surface area contributed by atoms with E-state index in [1.807, 2.05) is 6.92 Å². The van der Waals surface area contributed by atoms with Crippen molar-refractivity contribution in [2.24, 2.45) is 5.41 Å². The van der Waals surface area contributed by atoms with Gasteiger partial charge in [-0.25, -0.2) is 8.78 Å². The number of hydrogen-bond acceptors (Lipinski definition) is 1. The second-order valence-corrected chi connectivity index (χ2v) is 4.54. The quantitative estimate of drug-likeness (QED) is 0.787. The molecular formula is C11H18F2O2. The van der Waals surface area contributed by atoms with Crippen molar-refractivity contribution in [3.05, 3.63) is 0 Å². The van der Waals surface area contributed by atoms with Crippen LogP contribution in [0.4, 0.5) is 8.78 Å². The molecule has 1 rings (SSSR count). The van der Waals surface area contributed by atoms with Gasteiger partial charge in [0.15, 0.2) is 0 Å². The summed E-state index contributed by atoms with van der Waals surface area (Å²) in [5.41, 5.74) is -0.877. The Kier molecular flexibility index (Phi) is 3.68. The Morgan fingerprint density at radius 3 is 2.20 bits per heavy atom. The normalized spacial score (nSPS) is 23.7. The summed E-state index contributed by atoms with van der Waals surface area (Å²) in [5, 5.41) is 9.14. The van der Waals surface area contributed by atoms with E-state index in [1.54, 1.807) is 0 Å². The molecule has 1 fully saturated rings. The van der Waals surface area contributed by atoms with E-state index < -0.39 is 17.3 Å². The summed E-state index contributed by atoms with van der Waals surface area (Å²) >= 11 is 0. The van der Waals surface area contributed by atoms with Crippen LogP contribution in [0.5, 0.6) is 0 Å². The smallest absolute Gasteiger partial charge is 0.309 e. The Bertz CT molecular complexity index is 229. The van der Waals surface area contributed by atoms with Gasteiger partial charge in [-0.05, 0) is 19.3 Å². The first-order valence-electron chi connectivity index (χ1n) is 5.53.